The van der Waals surface area contributed by atoms with E-state index in [0.717, 1.165) is 95.7 Å². The highest BCUT2D eigenvalue weighted by molar-refractivity contribution is 5.94. The molecular weight excluding hydrogens is 433 g/mol. The molecule has 0 bridgehead atoms. The smallest absolute Gasteiger partial charge is 0.274 e. The Hall–Kier alpha value is -2.29. The summed E-state index contributed by atoms with van der Waals surface area (Å²) in [5.74, 6) is -0.114. The third kappa shape index (κ3) is 5.50. The Morgan fingerprint density at radius 3 is 2.59 bits per heavy atom. The minimum absolute atomic E-state index is 0.0975. The highest BCUT2D eigenvalue weighted by atomic mass is 19.1. The van der Waals surface area contributed by atoms with E-state index >= 15 is 0 Å². The summed E-state index contributed by atoms with van der Waals surface area (Å²) in [4.78, 5) is 17.9. The quantitative estimate of drug-likeness (QED) is 0.676. The number of morpholine rings is 1. The van der Waals surface area contributed by atoms with Crippen LogP contribution in [0.5, 0.6) is 0 Å². The van der Waals surface area contributed by atoms with Crippen molar-refractivity contribution in [1.82, 2.24) is 24.9 Å². The van der Waals surface area contributed by atoms with Gasteiger partial charge in [0, 0.05) is 56.6 Å². The summed E-state index contributed by atoms with van der Waals surface area (Å²) >= 11 is 0. The molecule has 1 aromatic heterocycles. The second-order valence-electron chi connectivity index (χ2n) is 9.75. The van der Waals surface area contributed by atoms with Gasteiger partial charge in [-0.15, -0.1) is 0 Å². The fourth-order valence-electron chi connectivity index (χ4n) is 5.39. The molecule has 184 valence electrons. The maximum atomic E-state index is 13.5. The molecule has 1 amide bonds. The van der Waals surface area contributed by atoms with E-state index in [2.05, 4.69) is 14.9 Å². The number of nitrogens with zero attached hydrogens (tertiary/aromatic N) is 4. The van der Waals surface area contributed by atoms with Crippen molar-refractivity contribution in [1.29, 1.82) is 0 Å². The lowest BCUT2D eigenvalue weighted by molar-refractivity contribution is 0.0358. The van der Waals surface area contributed by atoms with Crippen LogP contribution in [0.15, 0.2) is 24.3 Å². The number of nitrogens with one attached hydrogen (secondary N) is 1. The van der Waals surface area contributed by atoms with Crippen LogP contribution in [0.1, 0.15) is 53.0 Å². The van der Waals surface area contributed by atoms with Gasteiger partial charge in [0.15, 0.2) is 5.69 Å². The number of rotatable bonds is 7. The molecule has 2 fully saturated rings. The molecule has 2 aliphatic heterocycles. The number of likely N-dealkylation sites (tertiary alicyclic amines) is 1. The Morgan fingerprint density at radius 1 is 1.06 bits per heavy atom. The number of hydrogen-bond donors (Lipinski definition) is 1. The predicted octanol–water partition coefficient (Wildman–Crippen LogP) is 2.63. The van der Waals surface area contributed by atoms with Gasteiger partial charge in [0.05, 0.1) is 19.8 Å². The minimum Gasteiger partial charge on any atom is -0.379 e. The third-order valence-corrected chi connectivity index (χ3v) is 7.43. The number of ether oxygens (including phenoxy) is 1. The molecule has 5 rings (SSSR count). The zero-order valence-electron chi connectivity index (χ0n) is 20.0. The lowest BCUT2D eigenvalue weighted by Crippen LogP contribution is -2.38. The molecule has 1 aliphatic carbocycles. The number of carbonyl (C=O) groups is 1. The summed E-state index contributed by atoms with van der Waals surface area (Å²) < 4.78 is 20.8. The first kappa shape index (κ1) is 23.5. The van der Waals surface area contributed by atoms with Crippen LogP contribution in [0.25, 0.3) is 0 Å². The van der Waals surface area contributed by atoms with Crippen LogP contribution in [0.3, 0.4) is 0 Å². The highest BCUT2D eigenvalue weighted by Crippen LogP contribution is 2.27. The van der Waals surface area contributed by atoms with Crippen LogP contribution in [0.2, 0.25) is 0 Å². The van der Waals surface area contributed by atoms with Crippen LogP contribution in [0.4, 0.5) is 4.39 Å². The van der Waals surface area contributed by atoms with E-state index in [0.29, 0.717) is 12.2 Å². The molecular formula is C26H36FN5O2. The average Bonchev–Trinajstić information content (AvgIpc) is 3.25. The van der Waals surface area contributed by atoms with Crippen molar-refractivity contribution in [3.8, 4) is 0 Å². The lowest BCUT2D eigenvalue weighted by atomic mass is 9.90. The first-order valence-corrected chi connectivity index (χ1v) is 12.8. The predicted molar refractivity (Wildman–Crippen MR) is 128 cm³/mol. The van der Waals surface area contributed by atoms with Crippen LogP contribution in [0, 0.1) is 5.82 Å². The molecule has 8 heteroatoms. The van der Waals surface area contributed by atoms with Crippen molar-refractivity contribution in [3.05, 3.63) is 52.6 Å². The van der Waals surface area contributed by atoms with Gasteiger partial charge in [-0.1, -0.05) is 12.1 Å². The van der Waals surface area contributed by atoms with Crippen molar-refractivity contribution < 1.29 is 13.9 Å². The van der Waals surface area contributed by atoms with Gasteiger partial charge in [-0.05, 0) is 56.2 Å². The standard InChI is InChI=1S/C26H36FN5O2/c27-21-6-4-20(5-7-21)19-28-22-8-9-24-23(18-22)25(26(33)31-10-2-1-3-11-31)29-32(24)13-12-30-14-16-34-17-15-30/h4-7,22,28H,1-3,8-19H2. The number of hydrogen-bond acceptors (Lipinski definition) is 5. The van der Waals surface area contributed by atoms with Crippen molar-refractivity contribution in [2.45, 2.75) is 57.7 Å². The number of benzene rings is 1. The van der Waals surface area contributed by atoms with Crippen LogP contribution < -0.4 is 5.32 Å². The highest BCUT2D eigenvalue weighted by Gasteiger charge is 2.31. The molecule has 0 spiro atoms. The number of aromatic nitrogens is 2. The molecule has 34 heavy (non-hydrogen) atoms. The van der Waals surface area contributed by atoms with E-state index in [9.17, 15) is 9.18 Å². The van der Waals surface area contributed by atoms with E-state index < -0.39 is 0 Å². The molecule has 1 aromatic carbocycles. The molecule has 7 nitrogen and oxygen atoms in total. The summed E-state index contributed by atoms with van der Waals surface area (Å²) in [5, 5.41) is 8.54. The zero-order valence-corrected chi connectivity index (χ0v) is 20.0. The first-order chi connectivity index (χ1) is 16.7. The van der Waals surface area contributed by atoms with E-state index in [4.69, 9.17) is 9.84 Å². The first-order valence-electron chi connectivity index (χ1n) is 12.8. The van der Waals surface area contributed by atoms with Gasteiger partial charge in [0.2, 0.25) is 0 Å². The molecule has 2 aromatic rings. The summed E-state index contributed by atoms with van der Waals surface area (Å²) in [6, 6.07) is 6.94. The monoisotopic (exact) mass is 469 g/mol. The van der Waals surface area contributed by atoms with Crippen LogP contribution in [-0.2, 0) is 30.7 Å². The number of amides is 1. The Kier molecular flexibility index (Phi) is 7.57. The average molecular weight is 470 g/mol. The topological polar surface area (TPSA) is 62.6 Å². The molecule has 3 aliphatic rings. The van der Waals surface area contributed by atoms with Crippen LogP contribution >= 0.6 is 0 Å². The maximum Gasteiger partial charge on any atom is 0.274 e. The SMILES string of the molecule is O=C(c1nn(CCN2CCOCC2)c2c1CC(NCc1ccc(F)cc1)CC2)N1CCCCC1. The normalized spacial score (nSPS) is 21.4. The van der Waals surface area contributed by atoms with E-state index in [1.165, 1.54) is 24.2 Å². The molecule has 2 saturated heterocycles. The van der Waals surface area contributed by atoms with Crippen molar-refractivity contribution in [3.63, 3.8) is 0 Å². The lowest BCUT2D eigenvalue weighted by Gasteiger charge is -2.28. The molecule has 3 heterocycles. The molecule has 0 saturated carbocycles. The van der Waals surface area contributed by atoms with Gasteiger partial charge in [-0.3, -0.25) is 14.4 Å². The van der Waals surface area contributed by atoms with Crippen LogP contribution in [-0.4, -0.2) is 77.5 Å². The minimum atomic E-state index is -0.212. The molecule has 1 unspecified atom stereocenters. The van der Waals surface area contributed by atoms with Crippen molar-refractivity contribution in [2.24, 2.45) is 0 Å². The summed E-state index contributed by atoms with van der Waals surface area (Å²) in [6.07, 6.45) is 6.09. The Balaban J connectivity index is 1.31. The number of halogens is 1. The third-order valence-electron chi connectivity index (χ3n) is 7.43. The van der Waals surface area contributed by atoms with Gasteiger partial charge < -0.3 is 15.0 Å². The van der Waals surface area contributed by atoms with Gasteiger partial charge in [0.1, 0.15) is 5.82 Å². The maximum absolute atomic E-state index is 13.5. The zero-order chi connectivity index (χ0) is 23.3. The number of piperidine rings is 1. The second kappa shape index (κ2) is 11.0. The van der Waals surface area contributed by atoms with Gasteiger partial charge in [0.25, 0.3) is 5.91 Å². The fraction of sp³-hybridized carbons (Fsp3) is 0.615. The van der Waals surface area contributed by atoms with E-state index in [-0.39, 0.29) is 17.8 Å². The Morgan fingerprint density at radius 2 is 1.82 bits per heavy atom. The van der Waals surface area contributed by atoms with Crippen molar-refractivity contribution in [2.75, 3.05) is 45.9 Å². The summed E-state index contributed by atoms with van der Waals surface area (Å²) in [7, 11) is 0. The van der Waals surface area contributed by atoms with Gasteiger partial charge in [-0.25, -0.2) is 4.39 Å². The van der Waals surface area contributed by atoms with Crippen molar-refractivity contribution >= 4 is 5.91 Å². The number of carbonyl (C=O) groups excluding carboxylic acids is 1. The van der Waals surface area contributed by atoms with Gasteiger partial charge in [-0.2, -0.15) is 5.10 Å². The largest absolute Gasteiger partial charge is 0.379 e. The molecule has 1 N–H and O–H groups in total. The van der Waals surface area contributed by atoms with E-state index in [1.54, 1.807) is 0 Å². The fourth-order valence-corrected chi connectivity index (χ4v) is 5.39. The van der Waals surface area contributed by atoms with E-state index in [1.807, 2.05) is 17.0 Å². The van der Waals surface area contributed by atoms with Gasteiger partial charge >= 0.3 is 0 Å². The Labute approximate surface area is 201 Å². The summed E-state index contributed by atoms with van der Waals surface area (Å²) in [6.45, 7) is 7.59. The number of fused-ring (bicyclic) bond motifs is 1. The summed E-state index contributed by atoms with van der Waals surface area (Å²) in [5.41, 5.74) is 4.08. The molecule has 1 atom stereocenters. The Bertz CT molecular complexity index is 964. The second-order valence-corrected chi connectivity index (χ2v) is 9.75. The molecule has 0 radical (unpaired) electrons.